The van der Waals surface area contributed by atoms with Crippen LogP contribution in [0.25, 0.3) is 0 Å². The number of aliphatic hydroxyl groups excluding tert-OH is 1. The van der Waals surface area contributed by atoms with Crippen LogP contribution in [0.1, 0.15) is 12.8 Å². The fraction of sp³-hybridized carbons (Fsp3) is 0.462. The summed E-state index contributed by atoms with van der Waals surface area (Å²) in [6.45, 7) is 11.2. The Balaban J connectivity index is 4.20. The van der Waals surface area contributed by atoms with Crippen LogP contribution in [0.5, 0.6) is 0 Å². The number of esters is 1. The van der Waals surface area contributed by atoms with E-state index in [1.807, 2.05) is 6.08 Å². The normalized spacial score (nSPS) is 13.6. The van der Waals surface area contributed by atoms with Crippen molar-refractivity contribution in [1.82, 2.24) is 0 Å². The van der Waals surface area contributed by atoms with Crippen molar-refractivity contribution in [3.8, 4) is 0 Å². The Bertz CT molecular complexity index is 246. The molecule has 0 aromatic heterocycles. The van der Waals surface area contributed by atoms with Gasteiger partial charge in [-0.3, -0.25) is 0 Å². The van der Waals surface area contributed by atoms with Crippen molar-refractivity contribution < 1.29 is 14.6 Å². The van der Waals surface area contributed by atoms with Crippen LogP contribution < -0.4 is 0 Å². The van der Waals surface area contributed by atoms with E-state index < -0.39 is 5.97 Å². The Labute approximate surface area is 97.1 Å². The first-order chi connectivity index (χ1) is 7.69. The minimum Gasteiger partial charge on any atom is -0.462 e. The van der Waals surface area contributed by atoms with Crippen LogP contribution in [0.3, 0.4) is 0 Å². The lowest BCUT2D eigenvalue weighted by molar-refractivity contribution is -0.138. The van der Waals surface area contributed by atoms with E-state index in [-0.39, 0.29) is 25.0 Å². The van der Waals surface area contributed by atoms with Crippen molar-refractivity contribution >= 4 is 5.97 Å². The molecule has 90 valence electrons. The fourth-order valence-corrected chi connectivity index (χ4v) is 1.44. The first-order valence-electron chi connectivity index (χ1n) is 5.34. The number of hydrogen-bond donors (Lipinski definition) is 1. The Hall–Kier alpha value is -1.35. The van der Waals surface area contributed by atoms with Crippen molar-refractivity contribution in [2.24, 2.45) is 11.8 Å². The number of hydrogen-bond acceptors (Lipinski definition) is 3. The van der Waals surface area contributed by atoms with E-state index in [4.69, 9.17) is 9.84 Å². The molecule has 0 saturated carbocycles. The van der Waals surface area contributed by atoms with Crippen LogP contribution in [0.15, 0.2) is 38.0 Å². The number of allylic oxidation sites excluding steroid dienone is 1. The molecule has 0 aromatic rings. The van der Waals surface area contributed by atoms with Gasteiger partial charge in [-0.1, -0.05) is 18.7 Å². The van der Waals surface area contributed by atoms with Crippen LogP contribution in [0.2, 0.25) is 0 Å². The molecule has 0 aromatic carbocycles. The van der Waals surface area contributed by atoms with Crippen LogP contribution in [-0.4, -0.2) is 24.3 Å². The van der Waals surface area contributed by atoms with Gasteiger partial charge in [0, 0.05) is 18.6 Å². The van der Waals surface area contributed by atoms with Crippen LogP contribution in [0, 0.1) is 11.8 Å². The summed E-state index contributed by atoms with van der Waals surface area (Å²) in [7, 11) is 0. The summed E-state index contributed by atoms with van der Waals surface area (Å²) in [5.74, 6) is -0.230. The zero-order chi connectivity index (χ0) is 12.4. The highest BCUT2D eigenvalue weighted by Gasteiger charge is 2.16. The van der Waals surface area contributed by atoms with E-state index in [9.17, 15) is 4.79 Å². The Morgan fingerprint density at radius 3 is 2.31 bits per heavy atom. The molecule has 0 amide bonds. The van der Waals surface area contributed by atoms with E-state index in [1.165, 1.54) is 0 Å². The molecule has 0 radical (unpaired) electrons. The SMILES string of the molecule is C=CC(=O)OCC(C=C)C(C=C)CCCO. The van der Waals surface area contributed by atoms with Crippen molar-refractivity contribution in [1.29, 1.82) is 0 Å². The summed E-state index contributed by atoms with van der Waals surface area (Å²) in [6, 6.07) is 0. The van der Waals surface area contributed by atoms with Gasteiger partial charge in [0.05, 0.1) is 6.61 Å². The molecule has 3 heteroatoms. The third-order valence-corrected chi connectivity index (χ3v) is 2.44. The molecule has 0 fully saturated rings. The molecular weight excluding hydrogens is 204 g/mol. The van der Waals surface area contributed by atoms with Crippen molar-refractivity contribution in [2.45, 2.75) is 12.8 Å². The molecule has 0 saturated heterocycles. The van der Waals surface area contributed by atoms with Gasteiger partial charge in [0.25, 0.3) is 0 Å². The lowest BCUT2D eigenvalue weighted by Crippen LogP contribution is -2.18. The third kappa shape index (κ3) is 5.51. The number of carbonyl (C=O) groups is 1. The minimum absolute atomic E-state index is 0.0351. The Kier molecular flexibility index (Phi) is 8.17. The third-order valence-electron chi connectivity index (χ3n) is 2.44. The summed E-state index contributed by atoms with van der Waals surface area (Å²) >= 11 is 0. The van der Waals surface area contributed by atoms with Gasteiger partial charge in [-0.25, -0.2) is 4.79 Å². The van der Waals surface area contributed by atoms with Gasteiger partial charge in [0.1, 0.15) is 0 Å². The average molecular weight is 224 g/mol. The maximum Gasteiger partial charge on any atom is 0.330 e. The van der Waals surface area contributed by atoms with Gasteiger partial charge in [-0.2, -0.15) is 0 Å². The average Bonchev–Trinajstić information content (AvgIpc) is 2.32. The molecule has 0 aliphatic carbocycles. The van der Waals surface area contributed by atoms with Crippen molar-refractivity contribution in [3.63, 3.8) is 0 Å². The molecule has 2 atom stereocenters. The lowest BCUT2D eigenvalue weighted by Gasteiger charge is -2.20. The van der Waals surface area contributed by atoms with Crippen molar-refractivity contribution in [3.05, 3.63) is 38.0 Å². The number of aliphatic hydroxyl groups is 1. The molecular formula is C13H20O3. The fourth-order valence-electron chi connectivity index (χ4n) is 1.44. The minimum atomic E-state index is -0.433. The van der Waals surface area contributed by atoms with Crippen LogP contribution >= 0.6 is 0 Å². The molecule has 0 spiro atoms. The quantitative estimate of drug-likeness (QED) is 0.370. The second kappa shape index (κ2) is 8.92. The summed E-state index contributed by atoms with van der Waals surface area (Å²) < 4.78 is 4.97. The molecule has 1 N–H and O–H groups in total. The number of carbonyl (C=O) groups excluding carboxylic acids is 1. The molecule has 2 unspecified atom stereocenters. The monoisotopic (exact) mass is 224 g/mol. The largest absolute Gasteiger partial charge is 0.462 e. The topological polar surface area (TPSA) is 46.5 Å². The summed E-state index contributed by atoms with van der Waals surface area (Å²) in [5.41, 5.74) is 0. The Morgan fingerprint density at radius 1 is 1.25 bits per heavy atom. The first kappa shape index (κ1) is 14.6. The maximum absolute atomic E-state index is 10.9. The van der Waals surface area contributed by atoms with E-state index in [0.717, 1.165) is 12.5 Å². The summed E-state index contributed by atoms with van der Waals surface area (Å²) in [6.07, 6.45) is 6.21. The van der Waals surface area contributed by atoms with Gasteiger partial charge < -0.3 is 9.84 Å². The smallest absolute Gasteiger partial charge is 0.330 e. The van der Waals surface area contributed by atoms with E-state index in [2.05, 4.69) is 19.7 Å². The van der Waals surface area contributed by atoms with Crippen LogP contribution in [-0.2, 0) is 9.53 Å². The van der Waals surface area contributed by atoms with Gasteiger partial charge in [0.15, 0.2) is 0 Å². The zero-order valence-corrected chi connectivity index (χ0v) is 9.60. The molecule has 16 heavy (non-hydrogen) atoms. The second-order valence-electron chi connectivity index (χ2n) is 3.50. The zero-order valence-electron chi connectivity index (χ0n) is 9.60. The van der Waals surface area contributed by atoms with Gasteiger partial charge in [-0.15, -0.1) is 13.2 Å². The highest BCUT2D eigenvalue weighted by molar-refractivity contribution is 5.81. The molecule has 0 rings (SSSR count). The predicted molar refractivity (Wildman–Crippen MR) is 64.8 cm³/mol. The van der Waals surface area contributed by atoms with E-state index in [1.54, 1.807) is 6.08 Å². The molecule has 0 bridgehead atoms. The standard InChI is InChI=1S/C13H20O3/c1-4-11(8-7-9-14)12(5-2)10-16-13(15)6-3/h4-6,11-12,14H,1-3,7-10H2. The van der Waals surface area contributed by atoms with E-state index in [0.29, 0.717) is 6.42 Å². The van der Waals surface area contributed by atoms with Crippen LogP contribution in [0.4, 0.5) is 0 Å². The molecule has 3 nitrogen and oxygen atoms in total. The van der Waals surface area contributed by atoms with Gasteiger partial charge >= 0.3 is 5.97 Å². The number of ether oxygens (including phenoxy) is 1. The number of rotatable bonds is 9. The molecule has 0 aliphatic heterocycles. The van der Waals surface area contributed by atoms with Crippen molar-refractivity contribution in [2.75, 3.05) is 13.2 Å². The predicted octanol–water partition coefficient (Wildman–Crippen LogP) is 2.09. The highest BCUT2D eigenvalue weighted by Crippen LogP contribution is 2.20. The highest BCUT2D eigenvalue weighted by atomic mass is 16.5. The van der Waals surface area contributed by atoms with Gasteiger partial charge in [-0.05, 0) is 18.8 Å². The molecule has 0 heterocycles. The maximum atomic E-state index is 10.9. The summed E-state index contributed by atoms with van der Waals surface area (Å²) in [5, 5.41) is 8.76. The van der Waals surface area contributed by atoms with E-state index >= 15 is 0 Å². The Morgan fingerprint density at radius 2 is 1.88 bits per heavy atom. The second-order valence-corrected chi connectivity index (χ2v) is 3.50. The first-order valence-corrected chi connectivity index (χ1v) is 5.34. The van der Waals surface area contributed by atoms with Gasteiger partial charge in [0.2, 0.25) is 0 Å². The summed E-state index contributed by atoms with van der Waals surface area (Å²) in [4.78, 5) is 10.9. The lowest BCUT2D eigenvalue weighted by atomic mass is 9.89. The molecule has 0 aliphatic rings.